The van der Waals surface area contributed by atoms with Crippen LogP contribution in [-0.4, -0.2) is 29.1 Å². The van der Waals surface area contributed by atoms with Gasteiger partial charge in [-0.3, -0.25) is 19.5 Å². The highest BCUT2D eigenvalue weighted by Gasteiger charge is 2.26. The Labute approximate surface area is 245 Å². The Hall–Kier alpha value is -6.08. The second kappa shape index (κ2) is 9.22. The highest BCUT2D eigenvalue weighted by Crippen LogP contribution is 2.43. The predicted octanol–water partition coefficient (Wildman–Crippen LogP) is 8.39. The van der Waals surface area contributed by atoms with Gasteiger partial charge in [0, 0.05) is 40.1 Å². The molecule has 9 rings (SSSR count). The third kappa shape index (κ3) is 3.48. The molecule has 43 heavy (non-hydrogen) atoms. The minimum absolute atomic E-state index is 0.438. The van der Waals surface area contributed by atoms with Gasteiger partial charge in [0.1, 0.15) is 5.69 Å². The van der Waals surface area contributed by atoms with Crippen LogP contribution in [0.4, 0.5) is 0 Å². The molecule has 0 unspecified atom stereocenters. The average Bonchev–Trinajstić information content (AvgIpc) is 3.76. The lowest BCUT2D eigenvalue weighted by Gasteiger charge is -2.09. The molecule has 7 nitrogen and oxygen atoms in total. The molecule has 0 aliphatic carbocycles. The minimum Gasteiger partial charge on any atom is -0.417 e. The summed E-state index contributed by atoms with van der Waals surface area (Å²) in [5, 5.41) is 4.59. The largest absolute Gasteiger partial charge is 0.417 e. The van der Waals surface area contributed by atoms with Crippen molar-refractivity contribution in [3.8, 4) is 34.5 Å². The quantitative estimate of drug-likeness (QED) is 0.218. The van der Waals surface area contributed by atoms with Crippen molar-refractivity contribution in [2.24, 2.45) is 0 Å². The maximum atomic E-state index is 6.63. The number of hydrogen-bond donors (Lipinski definition) is 0. The van der Waals surface area contributed by atoms with Crippen LogP contribution in [0.25, 0.3) is 78.2 Å². The predicted molar refractivity (Wildman–Crippen MR) is 169 cm³/mol. The van der Waals surface area contributed by atoms with Gasteiger partial charge in [-0.15, -0.1) is 0 Å². The van der Waals surface area contributed by atoms with Crippen LogP contribution in [0.1, 0.15) is 0 Å². The van der Waals surface area contributed by atoms with Crippen molar-refractivity contribution in [1.82, 2.24) is 29.1 Å². The molecular weight excluding hydrogens is 532 g/mol. The lowest BCUT2D eigenvalue weighted by atomic mass is 10.1. The number of nitrogens with zero attached hydrogens (tertiary/aromatic N) is 6. The van der Waals surface area contributed by atoms with Crippen LogP contribution in [0, 0.1) is 0 Å². The van der Waals surface area contributed by atoms with E-state index in [-0.39, 0.29) is 0 Å². The third-order valence-corrected chi connectivity index (χ3v) is 7.98. The minimum atomic E-state index is 0.438. The Morgan fingerprint density at radius 2 is 1.26 bits per heavy atom. The number of pyridine rings is 3. The van der Waals surface area contributed by atoms with Crippen LogP contribution in [0.2, 0.25) is 0 Å². The van der Waals surface area contributed by atoms with Crippen LogP contribution in [-0.2, 0) is 0 Å². The van der Waals surface area contributed by atoms with Crippen molar-refractivity contribution in [2.75, 3.05) is 0 Å². The Morgan fingerprint density at radius 1 is 0.535 bits per heavy atom. The van der Waals surface area contributed by atoms with E-state index in [1.54, 1.807) is 18.6 Å². The van der Waals surface area contributed by atoms with E-state index < -0.39 is 0 Å². The molecule has 202 valence electrons. The summed E-state index contributed by atoms with van der Waals surface area (Å²) in [7, 11) is 0. The molecule has 0 atom stereocenters. The summed E-state index contributed by atoms with van der Waals surface area (Å²) >= 11 is 0. The maximum absolute atomic E-state index is 6.63. The number of hydrogen-bond acceptors (Lipinski definition) is 5. The third-order valence-electron chi connectivity index (χ3n) is 7.98. The summed E-state index contributed by atoms with van der Waals surface area (Å²) in [6.45, 7) is 0. The zero-order chi connectivity index (χ0) is 28.3. The SMILES string of the molecule is c1ccc(-c2nc(-c3ccccn3)c(-n3c4ccccc4c4c3ccc3c5ccccc5n(-c5cccnc5)c34)o2)nc1. The molecule has 0 saturated carbocycles. The molecule has 0 N–H and O–H groups in total. The number of benzene rings is 3. The first kappa shape index (κ1) is 23.6. The lowest BCUT2D eigenvalue weighted by Crippen LogP contribution is -1.97. The van der Waals surface area contributed by atoms with Crippen molar-refractivity contribution in [1.29, 1.82) is 0 Å². The monoisotopic (exact) mass is 554 g/mol. The first-order valence-corrected chi connectivity index (χ1v) is 14.1. The maximum Gasteiger partial charge on any atom is 0.248 e. The normalized spacial score (nSPS) is 11.7. The molecule has 0 spiro atoms. The molecular formula is C36H22N6O. The summed E-state index contributed by atoms with van der Waals surface area (Å²) in [6.07, 6.45) is 7.24. The molecule has 0 radical (unpaired) electrons. The van der Waals surface area contributed by atoms with Crippen LogP contribution in [0.3, 0.4) is 0 Å². The second-order valence-corrected chi connectivity index (χ2v) is 10.4. The standard InChI is InChI=1S/C36H22N6O/c1-3-15-29-24(11-1)25-17-18-31-32(34(25)41(29)23-10-9-19-37-22-23)26-12-2-4-16-30(26)42(31)36-33(27-13-5-7-20-38-27)40-35(43-36)28-14-6-8-21-39-28/h1-22H. The van der Waals surface area contributed by atoms with E-state index in [2.05, 4.69) is 90.8 Å². The molecule has 3 aromatic carbocycles. The zero-order valence-electron chi connectivity index (χ0n) is 22.8. The number of fused-ring (bicyclic) bond motifs is 7. The van der Waals surface area contributed by atoms with E-state index in [1.165, 1.54) is 10.8 Å². The van der Waals surface area contributed by atoms with Gasteiger partial charge in [-0.1, -0.05) is 54.6 Å². The van der Waals surface area contributed by atoms with Crippen LogP contribution in [0.15, 0.2) is 138 Å². The molecule has 0 saturated heterocycles. The highest BCUT2D eigenvalue weighted by atomic mass is 16.4. The lowest BCUT2D eigenvalue weighted by molar-refractivity contribution is 0.552. The highest BCUT2D eigenvalue weighted by molar-refractivity contribution is 6.26. The van der Waals surface area contributed by atoms with Crippen LogP contribution in [0.5, 0.6) is 0 Å². The fourth-order valence-electron chi connectivity index (χ4n) is 6.21. The smallest absolute Gasteiger partial charge is 0.248 e. The fraction of sp³-hybridized carbons (Fsp3) is 0. The van der Waals surface area contributed by atoms with Crippen molar-refractivity contribution >= 4 is 43.6 Å². The van der Waals surface area contributed by atoms with Crippen molar-refractivity contribution in [3.63, 3.8) is 0 Å². The van der Waals surface area contributed by atoms with Gasteiger partial charge in [-0.2, -0.15) is 0 Å². The van der Waals surface area contributed by atoms with Crippen molar-refractivity contribution in [2.45, 2.75) is 0 Å². The molecule has 0 bridgehead atoms. The summed E-state index contributed by atoms with van der Waals surface area (Å²) in [4.78, 5) is 18.6. The zero-order valence-corrected chi connectivity index (χ0v) is 22.8. The van der Waals surface area contributed by atoms with E-state index in [0.29, 0.717) is 23.2 Å². The number of oxazole rings is 1. The summed E-state index contributed by atoms with van der Waals surface area (Å²) in [5.41, 5.74) is 7.29. The van der Waals surface area contributed by atoms with Gasteiger partial charge in [-0.25, -0.2) is 4.98 Å². The molecule has 7 heteroatoms. The molecule has 9 aromatic rings. The Bertz CT molecular complexity index is 2440. The summed E-state index contributed by atoms with van der Waals surface area (Å²) in [5.74, 6) is 1.03. The van der Waals surface area contributed by atoms with Gasteiger partial charge in [0.05, 0.1) is 39.6 Å². The van der Waals surface area contributed by atoms with Crippen molar-refractivity contribution < 1.29 is 4.42 Å². The Kier molecular flexibility index (Phi) is 5.06. The van der Waals surface area contributed by atoms with E-state index in [0.717, 1.165) is 44.2 Å². The van der Waals surface area contributed by atoms with Crippen molar-refractivity contribution in [3.05, 3.63) is 134 Å². The van der Waals surface area contributed by atoms with Gasteiger partial charge in [0.15, 0.2) is 5.69 Å². The van der Waals surface area contributed by atoms with Gasteiger partial charge in [0.2, 0.25) is 11.8 Å². The summed E-state index contributed by atoms with van der Waals surface area (Å²) in [6, 6.07) is 37.0. The molecule has 6 heterocycles. The van der Waals surface area contributed by atoms with Gasteiger partial charge < -0.3 is 8.98 Å². The molecule has 0 aliphatic rings. The van der Waals surface area contributed by atoms with Gasteiger partial charge in [0.25, 0.3) is 0 Å². The van der Waals surface area contributed by atoms with Crippen LogP contribution >= 0.6 is 0 Å². The number of para-hydroxylation sites is 2. The Morgan fingerprint density at radius 3 is 2.00 bits per heavy atom. The number of rotatable bonds is 4. The topological polar surface area (TPSA) is 74.6 Å². The van der Waals surface area contributed by atoms with E-state index >= 15 is 0 Å². The van der Waals surface area contributed by atoms with Gasteiger partial charge >= 0.3 is 0 Å². The fourth-order valence-corrected chi connectivity index (χ4v) is 6.21. The van der Waals surface area contributed by atoms with E-state index in [1.807, 2.05) is 48.7 Å². The van der Waals surface area contributed by atoms with E-state index in [9.17, 15) is 0 Å². The summed E-state index contributed by atoms with van der Waals surface area (Å²) < 4.78 is 11.1. The first-order valence-electron chi connectivity index (χ1n) is 14.1. The Balaban J connectivity index is 1.45. The molecule has 0 fully saturated rings. The molecule has 0 amide bonds. The molecule has 6 aromatic heterocycles. The molecule has 0 aliphatic heterocycles. The second-order valence-electron chi connectivity index (χ2n) is 10.4. The van der Waals surface area contributed by atoms with Crippen LogP contribution < -0.4 is 0 Å². The number of aromatic nitrogens is 6. The average molecular weight is 555 g/mol. The first-order chi connectivity index (χ1) is 21.4. The van der Waals surface area contributed by atoms with Gasteiger partial charge in [-0.05, 0) is 54.6 Å². The van der Waals surface area contributed by atoms with E-state index in [4.69, 9.17) is 9.40 Å².